The first-order valence-corrected chi connectivity index (χ1v) is 5.85. The summed E-state index contributed by atoms with van der Waals surface area (Å²) >= 11 is 0. The van der Waals surface area contributed by atoms with Crippen molar-refractivity contribution in [3.63, 3.8) is 0 Å². The Labute approximate surface area is 106 Å². The van der Waals surface area contributed by atoms with Crippen molar-refractivity contribution in [1.82, 2.24) is 5.32 Å². The van der Waals surface area contributed by atoms with Crippen LogP contribution in [-0.2, 0) is 13.0 Å². The van der Waals surface area contributed by atoms with Gasteiger partial charge in [0.2, 0.25) is 0 Å². The van der Waals surface area contributed by atoms with Crippen LogP contribution in [0, 0.1) is 5.82 Å². The van der Waals surface area contributed by atoms with Crippen molar-refractivity contribution in [2.24, 2.45) is 0 Å². The highest BCUT2D eigenvalue weighted by Gasteiger charge is 2.03. The first-order valence-electron chi connectivity index (χ1n) is 5.85. The Hall–Kier alpha value is -1.81. The molecule has 2 rings (SSSR count). The summed E-state index contributed by atoms with van der Waals surface area (Å²) in [5.74, 6) is 1.21. The van der Waals surface area contributed by atoms with Crippen molar-refractivity contribution in [3.05, 3.63) is 53.7 Å². The molecule has 0 fully saturated rings. The molecule has 1 N–H and O–H groups in total. The average molecular weight is 249 g/mol. The van der Waals surface area contributed by atoms with E-state index in [1.54, 1.807) is 18.4 Å². The van der Waals surface area contributed by atoms with E-state index in [1.807, 2.05) is 12.1 Å². The van der Waals surface area contributed by atoms with Crippen molar-refractivity contribution in [2.45, 2.75) is 13.0 Å². The van der Waals surface area contributed by atoms with E-state index >= 15 is 0 Å². The maximum absolute atomic E-state index is 13.6. The predicted octanol–water partition coefficient (Wildman–Crippen LogP) is 2.76. The number of hydrogen-bond donors (Lipinski definition) is 1. The van der Waals surface area contributed by atoms with Crippen molar-refractivity contribution in [2.75, 3.05) is 13.7 Å². The molecule has 18 heavy (non-hydrogen) atoms. The van der Waals surface area contributed by atoms with Gasteiger partial charge in [0, 0.05) is 31.1 Å². The van der Waals surface area contributed by atoms with Crippen LogP contribution in [0.5, 0.6) is 5.75 Å². The molecule has 4 heteroatoms. The zero-order valence-electron chi connectivity index (χ0n) is 10.3. The molecule has 1 heterocycles. The van der Waals surface area contributed by atoms with E-state index in [4.69, 9.17) is 9.15 Å². The molecule has 2 aromatic rings. The molecule has 0 unspecified atom stereocenters. The highest BCUT2D eigenvalue weighted by Crippen LogP contribution is 2.15. The molecular weight excluding hydrogens is 233 g/mol. The molecule has 0 aliphatic rings. The number of rotatable bonds is 6. The topological polar surface area (TPSA) is 34.4 Å². The zero-order chi connectivity index (χ0) is 12.8. The Balaban J connectivity index is 1.79. The summed E-state index contributed by atoms with van der Waals surface area (Å²) in [6.45, 7) is 1.25. The lowest BCUT2D eigenvalue weighted by Crippen LogP contribution is -2.17. The minimum atomic E-state index is -0.250. The summed E-state index contributed by atoms with van der Waals surface area (Å²) in [5, 5.41) is 3.18. The number of halogens is 1. The lowest BCUT2D eigenvalue weighted by Gasteiger charge is -2.06. The van der Waals surface area contributed by atoms with Crippen LogP contribution < -0.4 is 10.1 Å². The minimum absolute atomic E-state index is 0.250. The van der Waals surface area contributed by atoms with E-state index in [1.165, 1.54) is 13.2 Å². The highest BCUT2D eigenvalue weighted by molar-refractivity contribution is 5.28. The normalized spacial score (nSPS) is 10.6. The summed E-state index contributed by atoms with van der Waals surface area (Å²) < 4.78 is 23.8. The number of methoxy groups -OCH3 is 1. The third kappa shape index (κ3) is 3.34. The van der Waals surface area contributed by atoms with Gasteiger partial charge in [-0.25, -0.2) is 4.39 Å². The lowest BCUT2D eigenvalue weighted by molar-refractivity contribution is 0.410. The van der Waals surface area contributed by atoms with E-state index in [0.717, 1.165) is 18.7 Å². The van der Waals surface area contributed by atoms with Crippen molar-refractivity contribution in [3.8, 4) is 5.75 Å². The molecule has 0 bridgehead atoms. The number of benzene rings is 1. The van der Waals surface area contributed by atoms with Crippen LogP contribution in [0.1, 0.15) is 11.3 Å². The van der Waals surface area contributed by atoms with Gasteiger partial charge in [-0.15, -0.1) is 0 Å². The Morgan fingerprint density at radius 3 is 2.89 bits per heavy atom. The second kappa shape index (κ2) is 6.21. The van der Waals surface area contributed by atoms with Gasteiger partial charge in [0.05, 0.1) is 13.4 Å². The molecule has 96 valence electrons. The van der Waals surface area contributed by atoms with E-state index in [0.29, 0.717) is 17.9 Å². The predicted molar refractivity (Wildman–Crippen MR) is 67.1 cm³/mol. The van der Waals surface area contributed by atoms with Crippen molar-refractivity contribution < 1.29 is 13.5 Å². The molecule has 0 aliphatic heterocycles. The molecular formula is C14H16FNO2. The van der Waals surface area contributed by atoms with Crippen LogP contribution >= 0.6 is 0 Å². The number of hydrogen-bond acceptors (Lipinski definition) is 3. The molecule has 3 nitrogen and oxygen atoms in total. The van der Waals surface area contributed by atoms with Crippen molar-refractivity contribution in [1.29, 1.82) is 0 Å². The summed E-state index contributed by atoms with van der Waals surface area (Å²) in [6, 6.07) is 8.67. The average Bonchev–Trinajstić information content (AvgIpc) is 2.89. The Kier molecular flexibility index (Phi) is 4.36. The van der Waals surface area contributed by atoms with Crippen LogP contribution in [0.25, 0.3) is 0 Å². The van der Waals surface area contributed by atoms with Crippen LogP contribution in [0.3, 0.4) is 0 Å². The van der Waals surface area contributed by atoms with E-state index < -0.39 is 0 Å². The van der Waals surface area contributed by atoms with Gasteiger partial charge in [0.25, 0.3) is 0 Å². The smallest absolute Gasteiger partial charge is 0.131 e. The molecule has 0 saturated carbocycles. The van der Waals surface area contributed by atoms with Gasteiger partial charge in [-0.3, -0.25) is 0 Å². The van der Waals surface area contributed by atoms with Gasteiger partial charge in [0.1, 0.15) is 17.3 Å². The molecule has 0 aliphatic carbocycles. The fourth-order valence-electron chi connectivity index (χ4n) is 1.69. The first-order chi connectivity index (χ1) is 8.79. The second-order valence-electron chi connectivity index (χ2n) is 3.96. The van der Waals surface area contributed by atoms with E-state index in [-0.39, 0.29) is 5.82 Å². The van der Waals surface area contributed by atoms with Gasteiger partial charge >= 0.3 is 0 Å². The largest absolute Gasteiger partial charge is 0.497 e. The minimum Gasteiger partial charge on any atom is -0.497 e. The molecule has 1 aromatic heterocycles. The van der Waals surface area contributed by atoms with Crippen LogP contribution in [0.4, 0.5) is 4.39 Å². The summed E-state index contributed by atoms with van der Waals surface area (Å²) in [6.07, 6.45) is 2.45. The highest BCUT2D eigenvalue weighted by atomic mass is 19.1. The number of nitrogens with one attached hydrogen (secondary N) is 1. The number of furan rings is 1. The Morgan fingerprint density at radius 2 is 2.22 bits per heavy atom. The third-order valence-electron chi connectivity index (χ3n) is 2.70. The van der Waals surface area contributed by atoms with Crippen LogP contribution in [-0.4, -0.2) is 13.7 Å². The summed E-state index contributed by atoms with van der Waals surface area (Å²) in [5.41, 5.74) is 0.634. The Morgan fingerprint density at radius 1 is 1.33 bits per heavy atom. The maximum atomic E-state index is 13.6. The molecule has 1 aromatic carbocycles. The standard InChI is InChI=1S/C14H16FNO2/c1-17-13-5-4-11(14(15)9-13)10-16-7-6-12-3-2-8-18-12/h2-5,8-9,16H,6-7,10H2,1H3. The Bertz CT molecular complexity index is 483. The van der Waals surface area contributed by atoms with Gasteiger partial charge < -0.3 is 14.5 Å². The quantitative estimate of drug-likeness (QED) is 0.799. The fourth-order valence-corrected chi connectivity index (χ4v) is 1.69. The van der Waals surface area contributed by atoms with Gasteiger partial charge in [-0.1, -0.05) is 6.07 Å². The molecule has 0 amide bonds. The van der Waals surface area contributed by atoms with Gasteiger partial charge in [0.15, 0.2) is 0 Å². The first kappa shape index (κ1) is 12.6. The lowest BCUT2D eigenvalue weighted by atomic mass is 10.2. The third-order valence-corrected chi connectivity index (χ3v) is 2.70. The van der Waals surface area contributed by atoms with Crippen LogP contribution in [0.2, 0.25) is 0 Å². The monoisotopic (exact) mass is 249 g/mol. The summed E-state index contributed by atoms with van der Waals surface area (Å²) in [7, 11) is 1.52. The van der Waals surface area contributed by atoms with E-state index in [9.17, 15) is 4.39 Å². The van der Waals surface area contributed by atoms with Gasteiger partial charge in [-0.05, 0) is 18.2 Å². The van der Waals surface area contributed by atoms with Crippen LogP contribution in [0.15, 0.2) is 41.0 Å². The van der Waals surface area contributed by atoms with Gasteiger partial charge in [-0.2, -0.15) is 0 Å². The summed E-state index contributed by atoms with van der Waals surface area (Å²) in [4.78, 5) is 0. The SMILES string of the molecule is COc1ccc(CNCCc2ccco2)c(F)c1. The molecule has 0 saturated heterocycles. The molecule has 0 atom stereocenters. The van der Waals surface area contributed by atoms with Crippen molar-refractivity contribution >= 4 is 0 Å². The molecule has 0 radical (unpaired) electrons. The number of ether oxygens (including phenoxy) is 1. The second-order valence-corrected chi connectivity index (χ2v) is 3.96. The fraction of sp³-hybridized carbons (Fsp3) is 0.286. The van der Waals surface area contributed by atoms with E-state index in [2.05, 4.69) is 5.32 Å². The molecule has 0 spiro atoms. The zero-order valence-corrected chi connectivity index (χ0v) is 10.3. The maximum Gasteiger partial charge on any atom is 0.131 e.